The minimum absolute atomic E-state index is 0.00534. The summed E-state index contributed by atoms with van der Waals surface area (Å²) in [4.78, 5) is 13.1. The van der Waals surface area contributed by atoms with E-state index in [0.717, 1.165) is 20.7 Å². The van der Waals surface area contributed by atoms with Crippen LogP contribution < -0.4 is 10.5 Å². The topological polar surface area (TPSA) is 89.3 Å². The molecule has 2 aromatic carbocycles. The Bertz CT molecular complexity index is 807. The van der Waals surface area contributed by atoms with Gasteiger partial charge >= 0.3 is 0 Å². The van der Waals surface area contributed by atoms with Crippen LogP contribution in [0.3, 0.4) is 0 Å². The molecule has 0 fully saturated rings. The van der Waals surface area contributed by atoms with E-state index in [4.69, 9.17) is 5.14 Å². The highest BCUT2D eigenvalue weighted by Gasteiger charge is 2.07. The molecular weight excluding hydrogens is 424 g/mol. The molecular formula is C17H19BrN2O3S2. The van der Waals surface area contributed by atoms with E-state index in [9.17, 15) is 13.2 Å². The summed E-state index contributed by atoms with van der Waals surface area (Å²) in [6.45, 7) is 0.510. The van der Waals surface area contributed by atoms with Crippen molar-refractivity contribution in [3.05, 3.63) is 58.6 Å². The van der Waals surface area contributed by atoms with Crippen molar-refractivity contribution in [1.82, 2.24) is 5.32 Å². The first-order valence-corrected chi connectivity index (χ1v) is 10.9. The number of rotatable bonds is 8. The zero-order valence-corrected chi connectivity index (χ0v) is 16.7. The first-order chi connectivity index (χ1) is 11.8. The van der Waals surface area contributed by atoms with E-state index in [0.29, 0.717) is 19.4 Å². The molecule has 0 unspecified atom stereocenters. The Hall–Kier alpha value is -1.35. The molecule has 0 radical (unpaired) electrons. The molecule has 3 N–H and O–H groups in total. The first-order valence-electron chi connectivity index (χ1n) is 7.61. The molecule has 0 spiro atoms. The Labute approximate surface area is 160 Å². The summed E-state index contributed by atoms with van der Waals surface area (Å²) in [7, 11) is -3.66. The van der Waals surface area contributed by atoms with Gasteiger partial charge in [-0.15, -0.1) is 11.8 Å². The Balaban J connectivity index is 1.67. The molecule has 0 bridgehead atoms. The van der Waals surface area contributed by atoms with Crippen molar-refractivity contribution in [3.8, 4) is 0 Å². The maximum Gasteiger partial charge on any atom is 0.238 e. The van der Waals surface area contributed by atoms with Gasteiger partial charge in [0.2, 0.25) is 15.9 Å². The highest BCUT2D eigenvalue weighted by molar-refractivity contribution is 9.10. The molecule has 0 saturated heterocycles. The lowest BCUT2D eigenvalue weighted by molar-refractivity contribution is -0.120. The van der Waals surface area contributed by atoms with Gasteiger partial charge in [-0.2, -0.15) is 0 Å². The quantitative estimate of drug-likeness (QED) is 0.614. The number of primary sulfonamides is 1. The Morgan fingerprint density at radius 1 is 1.08 bits per heavy atom. The lowest BCUT2D eigenvalue weighted by atomic mass is 10.1. The zero-order valence-electron chi connectivity index (χ0n) is 13.4. The maximum absolute atomic E-state index is 11.8. The summed E-state index contributed by atoms with van der Waals surface area (Å²) in [5.74, 6) is 0.724. The molecule has 2 aromatic rings. The monoisotopic (exact) mass is 442 g/mol. The van der Waals surface area contributed by atoms with Crippen molar-refractivity contribution < 1.29 is 13.2 Å². The third kappa shape index (κ3) is 7.19. The fourth-order valence-corrected chi connectivity index (χ4v) is 3.70. The second-order valence-electron chi connectivity index (χ2n) is 5.34. The van der Waals surface area contributed by atoms with Crippen LogP contribution in [-0.2, 0) is 21.2 Å². The number of thioether (sulfide) groups is 1. The smallest absolute Gasteiger partial charge is 0.238 e. The number of benzene rings is 2. The van der Waals surface area contributed by atoms with Crippen LogP contribution in [0.5, 0.6) is 0 Å². The summed E-state index contributed by atoms with van der Waals surface area (Å²) < 4.78 is 23.4. The lowest BCUT2D eigenvalue weighted by Crippen LogP contribution is -2.25. The second-order valence-corrected chi connectivity index (χ2v) is 8.99. The van der Waals surface area contributed by atoms with Gasteiger partial charge in [0.1, 0.15) is 0 Å². The van der Waals surface area contributed by atoms with Gasteiger partial charge in [0.25, 0.3) is 0 Å². The number of carbonyl (C=O) groups excluding carboxylic acids is 1. The van der Waals surface area contributed by atoms with Crippen LogP contribution in [0.1, 0.15) is 12.0 Å². The molecule has 8 heteroatoms. The summed E-state index contributed by atoms with van der Waals surface area (Å²) in [5, 5.41) is 7.92. The van der Waals surface area contributed by atoms with E-state index in [1.807, 2.05) is 24.3 Å². The van der Waals surface area contributed by atoms with Gasteiger partial charge < -0.3 is 5.32 Å². The molecule has 0 atom stereocenters. The SMILES string of the molecule is NS(=O)(=O)c1ccc(CCNC(=O)CCSc2ccc(Br)cc2)cc1. The molecule has 1 amide bonds. The largest absolute Gasteiger partial charge is 0.356 e. The van der Waals surface area contributed by atoms with Gasteiger partial charge in [-0.1, -0.05) is 28.1 Å². The molecule has 0 aliphatic rings. The van der Waals surface area contributed by atoms with E-state index in [1.165, 1.54) is 12.1 Å². The van der Waals surface area contributed by atoms with Crippen LogP contribution in [0.15, 0.2) is 62.8 Å². The number of carbonyl (C=O) groups is 1. The molecule has 0 heterocycles. The minimum Gasteiger partial charge on any atom is -0.356 e. The van der Waals surface area contributed by atoms with Gasteiger partial charge in [-0.05, 0) is 48.4 Å². The predicted octanol–water partition coefficient (Wildman–Crippen LogP) is 2.94. The zero-order chi connectivity index (χ0) is 18.3. The fraction of sp³-hybridized carbons (Fsp3) is 0.235. The number of hydrogen-bond donors (Lipinski definition) is 2. The van der Waals surface area contributed by atoms with Crippen LogP contribution in [-0.4, -0.2) is 26.6 Å². The van der Waals surface area contributed by atoms with E-state index in [2.05, 4.69) is 21.2 Å². The Morgan fingerprint density at radius 2 is 1.72 bits per heavy atom. The van der Waals surface area contributed by atoms with Gasteiger partial charge in [0.05, 0.1) is 4.90 Å². The molecule has 0 aromatic heterocycles. The number of amides is 1. The Morgan fingerprint density at radius 3 is 2.32 bits per heavy atom. The predicted molar refractivity (Wildman–Crippen MR) is 104 cm³/mol. The van der Waals surface area contributed by atoms with E-state index >= 15 is 0 Å². The average molecular weight is 443 g/mol. The highest BCUT2D eigenvalue weighted by atomic mass is 79.9. The van der Waals surface area contributed by atoms with Gasteiger partial charge in [0.15, 0.2) is 0 Å². The number of halogens is 1. The fourth-order valence-electron chi connectivity index (χ4n) is 2.07. The molecule has 2 rings (SSSR count). The summed E-state index contributed by atoms with van der Waals surface area (Å²) >= 11 is 5.03. The lowest BCUT2D eigenvalue weighted by Gasteiger charge is -2.06. The van der Waals surface area contributed by atoms with Crippen molar-refractivity contribution >= 4 is 43.6 Å². The van der Waals surface area contributed by atoms with Crippen LogP contribution in [0.2, 0.25) is 0 Å². The molecule has 0 aliphatic heterocycles. The van der Waals surface area contributed by atoms with Crippen molar-refractivity contribution in [2.75, 3.05) is 12.3 Å². The standard InChI is InChI=1S/C17H19BrN2O3S2/c18-14-3-5-15(6-4-14)24-12-10-17(21)20-11-9-13-1-7-16(8-2-13)25(19,22)23/h1-8H,9-12H2,(H,20,21)(H2,19,22,23). The van der Waals surface area contributed by atoms with Crippen LogP contribution in [0, 0.1) is 0 Å². The maximum atomic E-state index is 11.8. The number of sulfonamides is 1. The van der Waals surface area contributed by atoms with Gasteiger partial charge in [0, 0.05) is 28.1 Å². The van der Waals surface area contributed by atoms with E-state index < -0.39 is 10.0 Å². The van der Waals surface area contributed by atoms with Crippen molar-refractivity contribution in [2.24, 2.45) is 5.14 Å². The third-order valence-corrected chi connectivity index (χ3v) is 5.87. The van der Waals surface area contributed by atoms with Crippen LogP contribution in [0.4, 0.5) is 0 Å². The van der Waals surface area contributed by atoms with Crippen LogP contribution >= 0.6 is 27.7 Å². The first kappa shape index (κ1) is 20.0. The molecule has 25 heavy (non-hydrogen) atoms. The van der Waals surface area contributed by atoms with Gasteiger partial charge in [-0.25, -0.2) is 13.6 Å². The van der Waals surface area contributed by atoms with E-state index in [1.54, 1.807) is 23.9 Å². The molecule has 0 aliphatic carbocycles. The second kappa shape index (κ2) is 9.38. The summed E-state index contributed by atoms with van der Waals surface area (Å²) in [6, 6.07) is 14.3. The Kier molecular flexibility index (Phi) is 7.49. The molecule has 134 valence electrons. The number of nitrogens with two attached hydrogens (primary N) is 1. The highest BCUT2D eigenvalue weighted by Crippen LogP contribution is 2.21. The number of nitrogens with one attached hydrogen (secondary N) is 1. The average Bonchev–Trinajstić information content (AvgIpc) is 2.56. The van der Waals surface area contributed by atoms with E-state index in [-0.39, 0.29) is 10.8 Å². The third-order valence-electron chi connectivity index (χ3n) is 3.40. The summed E-state index contributed by atoms with van der Waals surface area (Å²) in [6.07, 6.45) is 1.08. The minimum atomic E-state index is -3.66. The van der Waals surface area contributed by atoms with Crippen LogP contribution in [0.25, 0.3) is 0 Å². The van der Waals surface area contributed by atoms with Crippen molar-refractivity contribution in [2.45, 2.75) is 22.6 Å². The van der Waals surface area contributed by atoms with Gasteiger partial charge in [-0.3, -0.25) is 4.79 Å². The molecule has 0 saturated carbocycles. The summed E-state index contributed by atoms with van der Waals surface area (Å²) in [5.41, 5.74) is 0.942. The number of hydrogen-bond acceptors (Lipinski definition) is 4. The molecule has 5 nitrogen and oxygen atoms in total. The normalized spacial score (nSPS) is 11.3. The van der Waals surface area contributed by atoms with Crippen molar-refractivity contribution in [1.29, 1.82) is 0 Å². The van der Waals surface area contributed by atoms with Crippen molar-refractivity contribution in [3.63, 3.8) is 0 Å².